The zero-order valence-electron chi connectivity index (χ0n) is 19.4. The molecule has 1 aliphatic heterocycles. The minimum Gasteiger partial charge on any atom is -0.469 e. The molecule has 2 aromatic rings. The van der Waals surface area contributed by atoms with Gasteiger partial charge in [-0.15, -0.1) is 0 Å². The van der Waals surface area contributed by atoms with Crippen LogP contribution in [0.3, 0.4) is 0 Å². The Kier molecular flexibility index (Phi) is 8.93. The minimum atomic E-state index is -1.71. The lowest BCUT2D eigenvalue weighted by Gasteiger charge is -2.40. The van der Waals surface area contributed by atoms with Crippen molar-refractivity contribution in [1.29, 1.82) is 0 Å². The summed E-state index contributed by atoms with van der Waals surface area (Å²) in [4.78, 5) is 14.2. The number of aliphatic hydroxyl groups is 2. The van der Waals surface area contributed by atoms with Crippen LogP contribution in [0.5, 0.6) is 0 Å². The highest BCUT2D eigenvalue weighted by Crippen LogP contribution is 2.40. The van der Waals surface area contributed by atoms with Gasteiger partial charge in [0.1, 0.15) is 0 Å². The van der Waals surface area contributed by atoms with E-state index in [9.17, 15) is 15.0 Å². The third-order valence-corrected chi connectivity index (χ3v) is 7.45. The number of thioether (sulfide) groups is 1. The molecule has 1 aliphatic rings. The second-order valence-electron chi connectivity index (χ2n) is 8.32. The van der Waals surface area contributed by atoms with Crippen LogP contribution in [0.25, 0.3) is 0 Å². The van der Waals surface area contributed by atoms with Crippen LogP contribution in [-0.4, -0.2) is 46.8 Å². The minimum absolute atomic E-state index is 0.0000842. The summed E-state index contributed by atoms with van der Waals surface area (Å²) >= 11 is 7.25. The molecule has 0 radical (unpaired) electrons. The molecule has 0 aromatic heterocycles. The third kappa shape index (κ3) is 6.79. The van der Waals surface area contributed by atoms with E-state index in [1.54, 1.807) is 0 Å². The Hall–Kier alpha value is -1.93. The number of carbonyl (C=O) groups is 1. The van der Waals surface area contributed by atoms with E-state index in [-0.39, 0.29) is 24.3 Å². The van der Waals surface area contributed by atoms with Crippen molar-refractivity contribution >= 4 is 46.4 Å². The normalized spacial score (nSPS) is 18.4. The first kappa shape index (κ1) is 25.7. The fourth-order valence-corrected chi connectivity index (χ4v) is 5.50. The van der Waals surface area contributed by atoms with E-state index in [2.05, 4.69) is 42.3 Å². The summed E-state index contributed by atoms with van der Waals surface area (Å²) in [6.45, 7) is 4.86. The van der Waals surface area contributed by atoms with Crippen LogP contribution in [0.15, 0.2) is 42.5 Å². The summed E-state index contributed by atoms with van der Waals surface area (Å²) in [7, 11) is 1.41. The molecule has 0 spiro atoms. The molecule has 2 aromatic carbocycles. The van der Waals surface area contributed by atoms with Gasteiger partial charge in [0.05, 0.1) is 24.9 Å². The molecule has 33 heavy (non-hydrogen) atoms. The van der Waals surface area contributed by atoms with Crippen LogP contribution in [0.4, 0.5) is 17.1 Å². The molecule has 1 fully saturated rings. The first-order valence-corrected chi connectivity index (χ1v) is 12.7. The second kappa shape index (κ2) is 11.5. The Bertz CT molecular complexity index is 939. The maximum atomic E-state index is 11.9. The molecular formula is C25H33ClN2O4S. The predicted octanol–water partition coefficient (Wildman–Crippen LogP) is 5.50. The van der Waals surface area contributed by atoms with Gasteiger partial charge in [-0.2, -0.15) is 0 Å². The van der Waals surface area contributed by atoms with Gasteiger partial charge in [0.2, 0.25) is 5.12 Å². The number of carbonyl (C=O) groups excluding carboxylic acids is 1. The second-order valence-corrected chi connectivity index (χ2v) is 10.1. The first-order valence-electron chi connectivity index (χ1n) is 11.3. The molecule has 0 aliphatic carbocycles. The van der Waals surface area contributed by atoms with Crippen molar-refractivity contribution in [1.82, 2.24) is 0 Å². The maximum Gasteiger partial charge on any atom is 0.306 e. The molecule has 3 N–H and O–H groups in total. The number of esters is 1. The lowest BCUT2D eigenvalue weighted by molar-refractivity contribution is -0.141. The van der Waals surface area contributed by atoms with E-state index >= 15 is 0 Å². The predicted molar refractivity (Wildman–Crippen MR) is 137 cm³/mol. The van der Waals surface area contributed by atoms with Gasteiger partial charge in [0.15, 0.2) is 0 Å². The Morgan fingerprint density at radius 1 is 1.27 bits per heavy atom. The van der Waals surface area contributed by atoms with E-state index in [1.165, 1.54) is 18.9 Å². The highest BCUT2D eigenvalue weighted by molar-refractivity contribution is 8.00. The number of ether oxygens (including phenoxy) is 1. The Morgan fingerprint density at radius 3 is 2.61 bits per heavy atom. The van der Waals surface area contributed by atoms with Crippen LogP contribution < -0.4 is 10.2 Å². The van der Waals surface area contributed by atoms with Crippen LogP contribution >= 0.6 is 23.4 Å². The van der Waals surface area contributed by atoms with Crippen LogP contribution in [0.1, 0.15) is 51.0 Å². The Morgan fingerprint density at radius 2 is 2.00 bits per heavy atom. The largest absolute Gasteiger partial charge is 0.469 e. The van der Waals surface area contributed by atoms with Gasteiger partial charge in [-0.3, -0.25) is 4.79 Å². The van der Waals surface area contributed by atoms with Gasteiger partial charge >= 0.3 is 5.97 Å². The van der Waals surface area contributed by atoms with Gasteiger partial charge in [-0.05, 0) is 67.6 Å². The summed E-state index contributed by atoms with van der Waals surface area (Å²) in [5.74, 6) is 0.500. The van der Waals surface area contributed by atoms with Crippen molar-refractivity contribution in [2.24, 2.45) is 0 Å². The highest BCUT2D eigenvalue weighted by Gasteiger charge is 2.36. The van der Waals surface area contributed by atoms with Gasteiger partial charge in [0, 0.05) is 35.5 Å². The van der Waals surface area contributed by atoms with Crippen LogP contribution in [0, 0.1) is 0 Å². The summed E-state index contributed by atoms with van der Waals surface area (Å²) in [5, 5.41) is 22.9. The zero-order chi connectivity index (χ0) is 24.0. The fourth-order valence-electron chi connectivity index (χ4n) is 4.35. The Labute approximate surface area is 205 Å². The molecular weight excluding hydrogens is 460 g/mol. The van der Waals surface area contributed by atoms with Crippen molar-refractivity contribution in [3.05, 3.63) is 53.1 Å². The monoisotopic (exact) mass is 492 g/mol. The standard InChI is InChI=1S/C25H33ClN2O4S/c1-4-17(15-24(29)32-3)18-6-11-23(22(14-18)27-20-9-7-19(26)8-10-20)28(5-2)21-12-13-33-25(30,31)16-21/h6-11,14,17,21,27,30-31H,4-5,12-13,15-16H2,1-3H3. The molecule has 6 nitrogen and oxygen atoms in total. The molecule has 3 rings (SSSR count). The fraction of sp³-hybridized carbons (Fsp3) is 0.480. The Balaban J connectivity index is 1.99. The van der Waals surface area contributed by atoms with Gasteiger partial charge < -0.3 is 25.2 Å². The molecule has 0 saturated carbocycles. The van der Waals surface area contributed by atoms with E-state index in [1.807, 2.05) is 24.3 Å². The summed E-state index contributed by atoms with van der Waals surface area (Å²) in [6.07, 6.45) is 2.27. The number of halogens is 1. The number of benzene rings is 2. The summed E-state index contributed by atoms with van der Waals surface area (Å²) in [5.41, 5.74) is 3.83. The van der Waals surface area contributed by atoms with E-state index < -0.39 is 5.12 Å². The van der Waals surface area contributed by atoms with E-state index in [4.69, 9.17) is 16.3 Å². The number of nitrogens with one attached hydrogen (secondary N) is 1. The van der Waals surface area contributed by atoms with E-state index in [0.717, 1.165) is 42.0 Å². The molecule has 1 saturated heterocycles. The van der Waals surface area contributed by atoms with Gasteiger partial charge in [-0.25, -0.2) is 0 Å². The number of methoxy groups -OCH3 is 1. The molecule has 180 valence electrons. The van der Waals surface area contributed by atoms with Crippen molar-refractivity contribution in [2.45, 2.75) is 56.6 Å². The maximum absolute atomic E-state index is 11.9. The highest BCUT2D eigenvalue weighted by atomic mass is 35.5. The lowest BCUT2D eigenvalue weighted by Crippen LogP contribution is -2.45. The average molecular weight is 493 g/mol. The van der Waals surface area contributed by atoms with E-state index in [0.29, 0.717) is 17.2 Å². The molecule has 1 heterocycles. The number of rotatable bonds is 9. The number of hydrogen-bond donors (Lipinski definition) is 3. The summed E-state index contributed by atoms with van der Waals surface area (Å²) < 4.78 is 4.89. The van der Waals surface area contributed by atoms with Crippen molar-refractivity contribution in [3.8, 4) is 0 Å². The quantitative estimate of drug-likeness (QED) is 0.315. The molecule has 0 bridgehead atoms. The number of hydrogen-bond acceptors (Lipinski definition) is 7. The van der Waals surface area contributed by atoms with Crippen LogP contribution in [0.2, 0.25) is 5.02 Å². The number of anilines is 3. The van der Waals surface area contributed by atoms with Gasteiger partial charge in [-0.1, -0.05) is 36.4 Å². The first-order chi connectivity index (χ1) is 15.8. The zero-order valence-corrected chi connectivity index (χ0v) is 21.0. The number of nitrogens with zero attached hydrogens (tertiary/aromatic N) is 1. The molecule has 2 unspecified atom stereocenters. The SMILES string of the molecule is CCC(CC(=O)OC)c1ccc(N(CC)C2CCSC(O)(O)C2)c(Nc2ccc(Cl)cc2)c1. The van der Waals surface area contributed by atoms with Crippen molar-refractivity contribution in [2.75, 3.05) is 29.6 Å². The molecule has 2 atom stereocenters. The van der Waals surface area contributed by atoms with Crippen LogP contribution in [-0.2, 0) is 9.53 Å². The summed E-state index contributed by atoms with van der Waals surface area (Å²) in [6, 6.07) is 13.7. The lowest BCUT2D eigenvalue weighted by atomic mass is 9.92. The smallest absolute Gasteiger partial charge is 0.306 e. The topological polar surface area (TPSA) is 82.0 Å². The van der Waals surface area contributed by atoms with Crippen molar-refractivity contribution < 1.29 is 19.7 Å². The average Bonchev–Trinajstić information content (AvgIpc) is 2.79. The molecule has 8 heteroatoms. The molecule has 0 amide bonds. The van der Waals surface area contributed by atoms with Gasteiger partial charge in [0.25, 0.3) is 0 Å². The third-order valence-electron chi connectivity index (χ3n) is 6.13. The van der Waals surface area contributed by atoms with Crippen molar-refractivity contribution in [3.63, 3.8) is 0 Å².